The molecule has 1 heterocycles. The molecule has 0 unspecified atom stereocenters. The highest BCUT2D eigenvalue weighted by atomic mass is 16.5. The third-order valence-corrected chi connectivity index (χ3v) is 3.94. The van der Waals surface area contributed by atoms with Crippen molar-refractivity contribution in [3.8, 4) is 5.75 Å². The van der Waals surface area contributed by atoms with Gasteiger partial charge < -0.3 is 15.4 Å². The first kappa shape index (κ1) is 15.5. The number of aromatic nitrogens is 3. The molecular formula is C17H23N5O. The van der Waals surface area contributed by atoms with E-state index in [1.807, 2.05) is 31.2 Å². The van der Waals surface area contributed by atoms with Gasteiger partial charge in [-0.2, -0.15) is 10.1 Å². The van der Waals surface area contributed by atoms with Crippen molar-refractivity contribution in [3.63, 3.8) is 0 Å². The van der Waals surface area contributed by atoms with E-state index in [1.54, 1.807) is 6.20 Å². The summed E-state index contributed by atoms with van der Waals surface area (Å²) in [6, 6.07) is 8.22. The first-order valence-corrected chi connectivity index (χ1v) is 8.29. The van der Waals surface area contributed by atoms with E-state index in [1.165, 1.54) is 32.1 Å². The number of anilines is 3. The molecular weight excluding hydrogens is 290 g/mol. The monoisotopic (exact) mass is 313 g/mol. The van der Waals surface area contributed by atoms with Gasteiger partial charge in [0.1, 0.15) is 5.75 Å². The fourth-order valence-corrected chi connectivity index (χ4v) is 2.81. The molecule has 0 atom stereocenters. The van der Waals surface area contributed by atoms with Gasteiger partial charge in [-0.25, -0.2) is 0 Å². The second-order valence-corrected chi connectivity index (χ2v) is 5.73. The molecule has 0 amide bonds. The van der Waals surface area contributed by atoms with Gasteiger partial charge in [0.05, 0.1) is 12.8 Å². The molecule has 0 radical (unpaired) electrons. The van der Waals surface area contributed by atoms with Crippen LogP contribution in [0.15, 0.2) is 30.5 Å². The van der Waals surface area contributed by atoms with Gasteiger partial charge in [0.25, 0.3) is 0 Å². The molecule has 6 heteroatoms. The zero-order valence-corrected chi connectivity index (χ0v) is 13.5. The first-order chi connectivity index (χ1) is 11.3. The van der Waals surface area contributed by atoms with Gasteiger partial charge in [0.15, 0.2) is 5.82 Å². The maximum Gasteiger partial charge on any atom is 0.249 e. The summed E-state index contributed by atoms with van der Waals surface area (Å²) in [5, 5.41) is 14.7. The van der Waals surface area contributed by atoms with Crippen molar-refractivity contribution >= 4 is 17.5 Å². The van der Waals surface area contributed by atoms with Crippen molar-refractivity contribution < 1.29 is 4.74 Å². The summed E-state index contributed by atoms with van der Waals surface area (Å²) in [6.07, 6.45) is 7.99. The van der Waals surface area contributed by atoms with Crippen LogP contribution >= 0.6 is 0 Å². The van der Waals surface area contributed by atoms with Gasteiger partial charge in [-0.3, -0.25) is 0 Å². The Morgan fingerprint density at radius 3 is 2.65 bits per heavy atom. The van der Waals surface area contributed by atoms with E-state index in [2.05, 4.69) is 25.8 Å². The molecule has 3 rings (SSSR count). The lowest BCUT2D eigenvalue weighted by Gasteiger charge is -2.23. The minimum atomic E-state index is 0.495. The molecule has 122 valence electrons. The van der Waals surface area contributed by atoms with Crippen LogP contribution in [-0.4, -0.2) is 27.8 Å². The maximum absolute atomic E-state index is 5.43. The van der Waals surface area contributed by atoms with Crippen molar-refractivity contribution in [3.05, 3.63) is 30.5 Å². The van der Waals surface area contributed by atoms with Crippen molar-refractivity contribution in [1.82, 2.24) is 15.2 Å². The molecule has 6 nitrogen and oxygen atoms in total. The van der Waals surface area contributed by atoms with Gasteiger partial charge in [-0.05, 0) is 44.0 Å². The Kier molecular flexibility index (Phi) is 5.24. The first-order valence-electron chi connectivity index (χ1n) is 8.29. The summed E-state index contributed by atoms with van der Waals surface area (Å²) < 4.78 is 5.43. The van der Waals surface area contributed by atoms with Crippen LogP contribution in [0, 0.1) is 0 Å². The molecule has 0 bridgehead atoms. The van der Waals surface area contributed by atoms with Gasteiger partial charge in [-0.1, -0.05) is 19.3 Å². The Bertz CT molecular complexity index is 611. The molecule has 1 aromatic heterocycles. The summed E-state index contributed by atoms with van der Waals surface area (Å²) >= 11 is 0. The number of benzene rings is 1. The van der Waals surface area contributed by atoms with Gasteiger partial charge in [0.2, 0.25) is 5.95 Å². The van der Waals surface area contributed by atoms with Gasteiger partial charge >= 0.3 is 0 Å². The smallest absolute Gasteiger partial charge is 0.249 e. The minimum Gasteiger partial charge on any atom is -0.494 e. The summed E-state index contributed by atoms with van der Waals surface area (Å²) in [4.78, 5) is 4.49. The molecule has 1 fully saturated rings. The average molecular weight is 313 g/mol. The lowest BCUT2D eigenvalue weighted by atomic mass is 9.96. The van der Waals surface area contributed by atoms with E-state index in [9.17, 15) is 0 Å². The number of nitrogens with zero attached hydrogens (tertiary/aromatic N) is 3. The van der Waals surface area contributed by atoms with Crippen LogP contribution in [0.2, 0.25) is 0 Å². The number of rotatable bonds is 6. The highest BCUT2D eigenvalue weighted by Crippen LogP contribution is 2.22. The third kappa shape index (κ3) is 4.55. The number of nitrogens with one attached hydrogen (secondary N) is 2. The number of hydrogen-bond donors (Lipinski definition) is 2. The van der Waals surface area contributed by atoms with Crippen LogP contribution in [-0.2, 0) is 0 Å². The largest absolute Gasteiger partial charge is 0.494 e. The molecule has 2 aromatic rings. The molecule has 0 aliphatic heterocycles. The van der Waals surface area contributed by atoms with Gasteiger partial charge in [-0.15, -0.1) is 5.10 Å². The molecule has 2 N–H and O–H groups in total. The predicted molar refractivity (Wildman–Crippen MR) is 91.2 cm³/mol. The second kappa shape index (κ2) is 7.76. The molecule has 23 heavy (non-hydrogen) atoms. The molecule has 1 saturated carbocycles. The van der Waals surface area contributed by atoms with E-state index in [4.69, 9.17) is 4.74 Å². The Labute approximate surface area is 136 Å². The van der Waals surface area contributed by atoms with Crippen LogP contribution in [0.5, 0.6) is 5.75 Å². The van der Waals surface area contributed by atoms with E-state index in [-0.39, 0.29) is 0 Å². The van der Waals surface area contributed by atoms with Crippen molar-refractivity contribution in [2.45, 2.75) is 45.1 Å². The van der Waals surface area contributed by atoms with E-state index < -0.39 is 0 Å². The SMILES string of the molecule is CCOc1ccc(Nc2nncc(NC3CCCCC3)n2)cc1. The van der Waals surface area contributed by atoms with Crippen LogP contribution in [0.4, 0.5) is 17.5 Å². The van der Waals surface area contributed by atoms with E-state index >= 15 is 0 Å². The lowest BCUT2D eigenvalue weighted by molar-refractivity contribution is 0.340. The van der Waals surface area contributed by atoms with Crippen LogP contribution < -0.4 is 15.4 Å². The molecule has 1 aromatic carbocycles. The molecule has 0 spiro atoms. The van der Waals surface area contributed by atoms with Crippen molar-refractivity contribution in [2.24, 2.45) is 0 Å². The third-order valence-electron chi connectivity index (χ3n) is 3.94. The zero-order valence-electron chi connectivity index (χ0n) is 13.5. The predicted octanol–water partition coefficient (Wildman–Crippen LogP) is 3.76. The summed E-state index contributed by atoms with van der Waals surface area (Å²) in [6.45, 7) is 2.63. The molecule has 1 aliphatic rings. The zero-order chi connectivity index (χ0) is 15.9. The Morgan fingerprint density at radius 1 is 1.13 bits per heavy atom. The quantitative estimate of drug-likeness (QED) is 0.846. The van der Waals surface area contributed by atoms with E-state index in [0.717, 1.165) is 17.3 Å². The van der Waals surface area contributed by atoms with Crippen molar-refractivity contribution in [1.29, 1.82) is 0 Å². The molecule has 1 aliphatic carbocycles. The Balaban J connectivity index is 1.62. The standard InChI is InChI=1S/C17H23N5O/c1-2-23-15-10-8-14(9-11-15)20-17-21-16(12-18-22-17)19-13-6-4-3-5-7-13/h8-13H,2-7H2,1H3,(H2,19,20,21,22). The van der Waals surface area contributed by atoms with Crippen molar-refractivity contribution in [2.75, 3.05) is 17.2 Å². The maximum atomic E-state index is 5.43. The highest BCUT2D eigenvalue weighted by molar-refractivity contribution is 5.55. The number of ether oxygens (including phenoxy) is 1. The summed E-state index contributed by atoms with van der Waals surface area (Å²) in [5.41, 5.74) is 0.907. The topological polar surface area (TPSA) is 72.0 Å². The summed E-state index contributed by atoms with van der Waals surface area (Å²) in [7, 11) is 0. The highest BCUT2D eigenvalue weighted by Gasteiger charge is 2.14. The Morgan fingerprint density at radius 2 is 1.91 bits per heavy atom. The fourth-order valence-electron chi connectivity index (χ4n) is 2.81. The van der Waals surface area contributed by atoms with Crippen LogP contribution in [0.3, 0.4) is 0 Å². The molecule has 0 saturated heterocycles. The lowest BCUT2D eigenvalue weighted by Crippen LogP contribution is -2.23. The average Bonchev–Trinajstić information content (AvgIpc) is 2.58. The Hall–Kier alpha value is -2.37. The number of hydrogen-bond acceptors (Lipinski definition) is 6. The van der Waals surface area contributed by atoms with Gasteiger partial charge in [0, 0.05) is 11.7 Å². The summed E-state index contributed by atoms with van der Waals surface area (Å²) in [5.74, 6) is 2.13. The van der Waals surface area contributed by atoms with Crippen LogP contribution in [0.25, 0.3) is 0 Å². The normalized spacial score (nSPS) is 15.2. The minimum absolute atomic E-state index is 0.495. The fraction of sp³-hybridized carbons (Fsp3) is 0.471. The second-order valence-electron chi connectivity index (χ2n) is 5.73. The van der Waals surface area contributed by atoms with Crippen LogP contribution in [0.1, 0.15) is 39.0 Å². The van der Waals surface area contributed by atoms with E-state index in [0.29, 0.717) is 18.6 Å².